The second kappa shape index (κ2) is 9.74. The maximum atomic E-state index is 12.6. The normalized spacial score (nSPS) is 12.3. The van der Waals surface area contributed by atoms with Crippen molar-refractivity contribution in [3.63, 3.8) is 0 Å². The topological polar surface area (TPSA) is 116 Å². The lowest BCUT2D eigenvalue weighted by Crippen LogP contribution is -2.29. The van der Waals surface area contributed by atoms with E-state index in [-0.39, 0.29) is 17.9 Å². The fourth-order valence-electron chi connectivity index (χ4n) is 3.87. The maximum absolute atomic E-state index is 12.6. The molecule has 1 heterocycles. The van der Waals surface area contributed by atoms with Crippen molar-refractivity contribution < 1.29 is 28.8 Å². The highest BCUT2D eigenvalue weighted by Crippen LogP contribution is 2.29. The SMILES string of the molecule is O=C(OCc1cccc(Oc2ccc([N+](=O)[O-])cc2)c1)c1ccc(N2C(=O)c3ccccc3C2=O)cc1. The van der Waals surface area contributed by atoms with Gasteiger partial charge in [0.25, 0.3) is 17.5 Å². The summed E-state index contributed by atoms with van der Waals surface area (Å²) in [5.41, 5.74) is 1.95. The molecule has 0 saturated heterocycles. The van der Waals surface area contributed by atoms with Crippen LogP contribution in [-0.2, 0) is 11.3 Å². The minimum Gasteiger partial charge on any atom is -0.457 e. The fourth-order valence-corrected chi connectivity index (χ4v) is 3.87. The van der Waals surface area contributed by atoms with E-state index < -0.39 is 22.7 Å². The first-order valence-corrected chi connectivity index (χ1v) is 11.2. The number of nitrogens with zero attached hydrogens (tertiary/aromatic N) is 2. The largest absolute Gasteiger partial charge is 0.457 e. The minimum atomic E-state index is -0.574. The summed E-state index contributed by atoms with van der Waals surface area (Å²) < 4.78 is 11.1. The lowest BCUT2D eigenvalue weighted by Gasteiger charge is -2.14. The molecule has 0 spiro atoms. The van der Waals surface area contributed by atoms with E-state index in [0.717, 1.165) is 4.90 Å². The van der Waals surface area contributed by atoms with Gasteiger partial charge in [-0.15, -0.1) is 0 Å². The molecule has 1 aliphatic heterocycles. The number of benzene rings is 4. The van der Waals surface area contributed by atoms with Gasteiger partial charge in [0, 0.05) is 12.1 Å². The van der Waals surface area contributed by atoms with E-state index in [0.29, 0.717) is 33.9 Å². The number of hydrogen-bond donors (Lipinski definition) is 0. The predicted molar refractivity (Wildman–Crippen MR) is 133 cm³/mol. The molecule has 2 amide bonds. The first-order valence-electron chi connectivity index (χ1n) is 11.2. The lowest BCUT2D eigenvalue weighted by molar-refractivity contribution is -0.384. The van der Waals surface area contributed by atoms with Crippen LogP contribution in [0, 0.1) is 10.1 Å². The zero-order valence-corrected chi connectivity index (χ0v) is 19.2. The molecule has 1 aliphatic rings. The number of nitro groups is 1. The van der Waals surface area contributed by atoms with E-state index >= 15 is 0 Å². The number of fused-ring (bicyclic) bond motifs is 1. The zero-order valence-electron chi connectivity index (χ0n) is 19.2. The highest BCUT2D eigenvalue weighted by molar-refractivity contribution is 6.34. The maximum Gasteiger partial charge on any atom is 0.338 e. The highest BCUT2D eigenvalue weighted by Gasteiger charge is 2.36. The third kappa shape index (κ3) is 4.78. The molecule has 0 atom stereocenters. The summed E-state index contributed by atoms with van der Waals surface area (Å²) in [6, 6.07) is 25.2. The van der Waals surface area contributed by atoms with Gasteiger partial charge in [0.15, 0.2) is 0 Å². The Morgan fingerprint density at radius 3 is 2.05 bits per heavy atom. The van der Waals surface area contributed by atoms with Crippen LogP contribution in [0.2, 0.25) is 0 Å². The first kappa shape index (κ1) is 23.4. The Morgan fingerprint density at radius 2 is 1.43 bits per heavy atom. The molecule has 0 unspecified atom stereocenters. The molecule has 4 aromatic rings. The Morgan fingerprint density at radius 1 is 0.784 bits per heavy atom. The Bertz CT molecular complexity index is 1490. The van der Waals surface area contributed by atoms with Crippen LogP contribution in [0.4, 0.5) is 11.4 Å². The van der Waals surface area contributed by atoms with Crippen molar-refractivity contribution in [1.82, 2.24) is 0 Å². The molecule has 0 aromatic heterocycles. The summed E-state index contributed by atoms with van der Waals surface area (Å²) in [6.07, 6.45) is 0. The second-order valence-corrected chi connectivity index (χ2v) is 8.11. The van der Waals surface area contributed by atoms with Gasteiger partial charge >= 0.3 is 5.97 Å². The van der Waals surface area contributed by atoms with Crippen molar-refractivity contribution in [3.8, 4) is 11.5 Å². The van der Waals surface area contributed by atoms with Crippen LogP contribution in [0.3, 0.4) is 0 Å². The first-order chi connectivity index (χ1) is 17.9. The number of ether oxygens (including phenoxy) is 2. The Labute approximate surface area is 210 Å². The van der Waals surface area contributed by atoms with E-state index in [1.54, 1.807) is 48.5 Å². The van der Waals surface area contributed by atoms with Crippen LogP contribution in [0.25, 0.3) is 0 Å². The molecule has 182 valence electrons. The number of anilines is 1. The molecule has 5 rings (SSSR count). The molecule has 4 aromatic carbocycles. The number of hydrogen-bond acceptors (Lipinski definition) is 7. The number of nitro benzene ring substituents is 1. The van der Waals surface area contributed by atoms with Crippen molar-refractivity contribution in [2.75, 3.05) is 4.90 Å². The van der Waals surface area contributed by atoms with Gasteiger partial charge in [0.1, 0.15) is 18.1 Å². The van der Waals surface area contributed by atoms with E-state index in [2.05, 4.69) is 0 Å². The number of non-ortho nitro benzene ring substituents is 1. The zero-order chi connectivity index (χ0) is 25.9. The number of carbonyl (C=O) groups is 3. The van der Waals surface area contributed by atoms with Crippen LogP contribution >= 0.6 is 0 Å². The molecule has 9 heteroatoms. The number of rotatable bonds is 7. The molecule has 0 fully saturated rings. The van der Waals surface area contributed by atoms with Gasteiger partial charge < -0.3 is 9.47 Å². The number of esters is 1. The second-order valence-electron chi connectivity index (χ2n) is 8.11. The quantitative estimate of drug-likeness (QED) is 0.143. The van der Waals surface area contributed by atoms with Gasteiger partial charge in [0.05, 0.1) is 27.3 Å². The molecule has 9 nitrogen and oxygen atoms in total. The number of carbonyl (C=O) groups excluding carboxylic acids is 3. The van der Waals surface area contributed by atoms with Crippen molar-refractivity contribution in [2.45, 2.75) is 6.61 Å². The predicted octanol–water partition coefficient (Wildman–Crippen LogP) is 5.54. The van der Waals surface area contributed by atoms with Gasteiger partial charge in [-0.1, -0.05) is 24.3 Å². The van der Waals surface area contributed by atoms with Crippen LogP contribution in [-0.4, -0.2) is 22.7 Å². The average Bonchev–Trinajstić information content (AvgIpc) is 3.17. The van der Waals surface area contributed by atoms with Gasteiger partial charge in [-0.05, 0) is 66.2 Å². The Hall–Kier alpha value is -5.31. The van der Waals surface area contributed by atoms with Crippen LogP contribution in [0.15, 0.2) is 97.1 Å². The van der Waals surface area contributed by atoms with Gasteiger partial charge in [0.2, 0.25) is 0 Å². The van der Waals surface area contributed by atoms with E-state index in [9.17, 15) is 24.5 Å². The third-order valence-corrected chi connectivity index (χ3v) is 5.71. The van der Waals surface area contributed by atoms with E-state index in [1.165, 1.54) is 48.5 Å². The molecule has 0 N–H and O–H groups in total. The summed E-state index contributed by atoms with van der Waals surface area (Å²) in [5.74, 6) is -0.486. The molecule has 0 bridgehead atoms. The smallest absolute Gasteiger partial charge is 0.338 e. The minimum absolute atomic E-state index is 0.0174. The average molecular weight is 494 g/mol. The molecule has 0 saturated carbocycles. The molecule has 37 heavy (non-hydrogen) atoms. The number of amides is 2. The molecular formula is C28H18N2O7. The standard InChI is InChI=1S/C28H18N2O7/c31-26-24-6-1-2-7-25(24)27(32)29(26)20-10-8-19(9-11-20)28(33)36-17-18-4-3-5-23(16-18)37-22-14-12-21(13-15-22)30(34)35/h1-16H,17H2. The molecule has 0 aliphatic carbocycles. The molecular weight excluding hydrogens is 476 g/mol. The van der Waals surface area contributed by atoms with Crippen molar-refractivity contribution in [2.24, 2.45) is 0 Å². The monoisotopic (exact) mass is 494 g/mol. The summed E-state index contributed by atoms with van der Waals surface area (Å²) in [5, 5.41) is 10.8. The van der Waals surface area contributed by atoms with Gasteiger partial charge in [-0.3, -0.25) is 19.7 Å². The summed E-state index contributed by atoms with van der Waals surface area (Å²) >= 11 is 0. The fraction of sp³-hybridized carbons (Fsp3) is 0.0357. The Kier molecular flexibility index (Phi) is 6.17. The van der Waals surface area contributed by atoms with Crippen molar-refractivity contribution in [3.05, 3.63) is 129 Å². The third-order valence-electron chi connectivity index (χ3n) is 5.71. The van der Waals surface area contributed by atoms with E-state index in [4.69, 9.17) is 9.47 Å². The van der Waals surface area contributed by atoms with E-state index in [1.807, 2.05) is 0 Å². The summed E-state index contributed by atoms with van der Waals surface area (Å²) in [4.78, 5) is 49.2. The lowest BCUT2D eigenvalue weighted by atomic mass is 10.1. The van der Waals surface area contributed by atoms with Crippen LogP contribution in [0.1, 0.15) is 36.6 Å². The Balaban J connectivity index is 1.21. The van der Waals surface area contributed by atoms with Crippen LogP contribution in [0.5, 0.6) is 11.5 Å². The van der Waals surface area contributed by atoms with Crippen molar-refractivity contribution >= 4 is 29.2 Å². The highest BCUT2D eigenvalue weighted by atomic mass is 16.6. The summed E-state index contributed by atoms with van der Waals surface area (Å²) in [7, 11) is 0. The number of imide groups is 1. The molecule has 0 radical (unpaired) electrons. The van der Waals surface area contributed by atoms with Gasteiger partial charge in [-0.25, -0.2) is 9.69 Å². The van der Waals surface area contributed by atoms with Crippen LogP contribution < -0.4 is 9.64 Å². The van der Waals surface area contributed by atoms with Gasteiger partial charge in [-0.2, -0.15) is 0 Å². The van der Waals surface area contributed by atoms with Crippen molar-refractivity contribution in [1.29, 1.82) is 0 Å². The summed E-state index contributed by atoms with van der Waals surface area (Å²) in [6.45, 7) is -0.0174.